The second-order valence-corrected chi connectivity index (χ2v) is 13.4. The van der Waals surface area contributed by atoms with Crippen LogP contribution in [0.1, 0.15) is 56.6 Å². The van der Waals surface area contributed by atoms with Crippen LogP contribution in [0.5, 0.6) is 0 Å². The molecule has 1 saturated heterocycles. The first-order valence-corrected chi connectivity index (χ1v) is 15.8. The van der Waals surface area contributed by atoms with Crippen LogP contribution in [-0.2, 0) is 21.9 Å². The highest BCUT2D eigenvalue weighted by atomic mass is 35.5. The van der Waals surface area contributed by atoms with Gasteiger partial charge in [-0.05, 0) is 86.9 Å². The van der Waals surface area contributed by atoms with E-state index in [0.29, 0.717) is 38.2 Å². The van der Waals surface area contributed by atoms with Gasteiger partial charge in [-0.25, -0.2) is 8.42 Å². The molecule has 9 heteroatoms. The van der Waals surface area contributed by atoms with Crippen molar-refractivity contribution in [3.8, 4) is 0 Å². The number of piperidine rings is 1. The molecule has 0 aromatic heterocycles. The molecule has 0 radical (unpaired) electrons. The van der Waals surface area contributed by atoms with Crippen LogP contribution < -0.4 is 4.90 Å². The molecule has 0 amide bonds. The first kappa shape index (κ1) is 27.9. The Morgan fingerprint density at radius 3 is 2.56 bits per heavy atom. The number of sulfone groups is 1. The van der Waals surface area contributed by atoms with E-state index in [1.807, 2.05) is 18.2 Å². The van der Waals surface area contributed by atoms with E-state index in [9.17, 15) is 13.5 Å². The molecule has 2 aromatic rings. The van der Waals surface area contributed by atoms with Crippen molar-refractivity contribution < 1.29 is 13.5 Å². The fourth-order valence-electron chi connectivity index (χ4n) is 5.89. The van der Waals surface area contributed by atoms with Gasteiger partial charge >= 0.3 is 0 Å². The highest BCUT2D eigenvalue weighted by molar-refractivity contribution is 7.91. The Bertz CT molecular complexity index is 1380. The number of anilines is 1. The monoisotopic (exact) mass is 568 g/mol. The molecule has 3 aliphatic rings. The van der Waals surface area contributed by atoms with Crippen LogP contribution in [0.3, 0.4) is 0 Å². The number of aliphatic imine (C=N–C) groups is 1. The van der Waals surface area contributed by atoms with Crippen LogP contribution in [0.15, 0.2) is 64.6 Å². The van der Waals surface area contributed by atoms with Gasteiger partial charge in [0.1, 0.15) is 5.84 Å². The van der Waals surface area contributed by atoms with Crippen molar-refractivity contribution in [1.82, 2.24) is 4.90 Å². The van der Waals surface area contributed by atoms with Crippen LogP contribution >= 0.6 is 11.6 Å². The molecule has 3 heterocycles. The first-order valence-electron chi connectivity index (χ1n) is 13.8. The minimum atomic E-state index is -3.43. The van der Waals surface area contributed by atoms with Gasteiger partial charge in [0.15, 0.2) is 9.84 Å². The highest BCUT2D eigenvalue weighted by Crippen LogP contribution is 2.35. The molecule has 2 aromatic carbocycles. The van der Waals surface area contributed by atoms with E-state index in [-0.39, 0.29) is 16.7 Å². The van der Waals surface area contributed by atoms with E-state index in [1.54, 1.807) is 30.5 Å². The van der Waals surface area contributed by atoms with Crippen molar-refractivity contribution in [2.45, 2.75) is 68.4 Å². The average molecular weight is 569 g/mol. The lowest BCUT2D eigenvalue weighted by molar-refractivity contribution is -0.0128. The maximum Gasteiger partial charge on any atom is 0.178 e. The largest absolute Gasteiger partial charge is 0.385 e. The SMILES string of the molecule is C[C@@H](C(=N)N1CCC(O)(c2ccc(S(=O)(=O)CCC3=NC=CCC3)cc2)CC1)N1CCCc2cc(Cl)ccc21. The Morgan fingerprint density at radius 1 is 1.13 bits per heavy atom. The molecule has 0 spiro atoms. The summed E-state index contributed by atoms with van der Waals surface area (Å²) in [4.78, 5) is 8.91. The molecule has 1 fully saturated rings. The summed E-state index contributed by atoms with van der Waals surface area (Å²) in [5.41, 5.74) is 2.98. The summed E-state index contributed by atoms with van der Waals surface area (Å²) < 4.78 is 25.7. The number of hydrogen-bond donors (Lipinski definition) is 2. The fraction of sp³-hybridized carbons (Fsp3) is 0.467. The molecule has 39 heavy (non-hydrogen) atoms. The zero-order valence-corrected chi connectivity index (χ0v) is 24.0. The number of aliphatic hydroxyl groups is 1. The summed E-state index contributed by atoms with van der Waals surface area (Å²) in [7, 11) is -3.43. The number of hydrogen-bond acceptors (Lipinski definition) is 6. The zero-order valence-electron chi connectivity index (χ0n) is 22.4. The fourth-order valence-corrected chi connectivity index (χ4v) is 7.38. The van der Waals surface area contributed by atoms with Crippen molar-refractivity contribution in [1.29, 1.82) is 5.41 Å². The molecule has 208 valence electrons. The van der Waals surface area contributed by atoms with E-state index >= 15 is 0 Å². The number of nitrogens with one attached hydrogen (secondary N) is 1. The quantitative estimate of drug-likeness (QED) is 0.346. The van der Waals surface area contributed by atoms with Crippen molar-refractivity contribution in [3.05, 3.63) is 70.9 Å². The zero-order chi connectivity index (χ0) is 27.6. The predicted octanol–water partition coefficient (Wildman–Crippen LogP) is 5.35. The van der Waals surface area contributed by atoms with Crippen LogP contribution in [0, 0.1) is 5.41 Å². The normalized spacial score (nSPS) is 19.8. The topological polar surface area (TPSA) is 97.1 Å². The van der Waals surface area contributed by atoms with Crippen LogP contribution in [-0.4, -0.2) is 61.4 Å². The van der Waals surface area contributed by atoms with Gasteiger partial charge in [-0.3, -0.25) is 10.4 Å². The number of likely N-dealkylation sites (tertiary alicyclic amines) is 1. The number of fused-ring (bicyclic) bond motifs is 1. The van der Waals surface area contributed by atoms with Crippen molar-refractivity contribution >= 4 is 38.7 Å². The second kappa shape index (κ2) is 11.4. The standard InChI is InChI=1S/C30H37ClN4O3S/c1-22(35-17-4-5-23-21-25(31)9-12-28(23)35)29(32)34-18-14-30(36,15-19-34)24-7-10-27(11-8-24)39(37,38)20-13-26-6-2-3-16-33-26/h3,7-12,16,21-22,32,36H,2,4-6,13-15,17-20H2,1H3/t22-/m0/s1. The van der Waals surface area contributed by atoms with Gasteiger partial charge in [0.2, 0.25) is 0 Å². The number of benzene rings is 2. The van der Waals surface area contributed by atoms with Gasteiger partial charge < -0.3 is 14.9 Å². The molecule has 3 aliphatic heterocycles. The molecule has 0 saturated carbocycles. The molecular weight excluding hydrogens is 532 g/mol. The minimum absolute atomic E-state index is 0.0348. The molecule has 0 unspecified atom stereocenters. The minimum Gasteiger partial charge on any atom is -0.385 e. The molecule has 1 atom stereocenters. The van der Waals surface area contributed by atoms with Gasteiger partial charge in [0, 0.05) is 48.7 Å². The number of nitrogens with zero attached hydrogens (tertiary/aromatic N) is 3. The summed E-state index contributed by atoms with van der Waals surface area (Å²) in [6.45, 7) is 4.11. The smallest absolute Gasteiger partial charge is 0.178 e. The van der Waals surface area contributed by atoms with Crippen LogP contribution in [0.4, 0.5) is 5.69 Å². The van der Waals surface area contributed by atoms with E-state index in [1.165, 1.54) is 5.56 Å². The van der Waals surface area contributed by atoms with Gasteiger partial charge in [-0.15, -0.1) is 0 Å². The third-order valence-electron chi connectivity index (χ3n) is 8.36. The highest BCUT2D eigenvalue weighted by Gasteiger charge is 2.37. The lowest BCUT2D eigenvalue weighted by Crippen LogP contribution is -2.52. The summed E-state index contributed by atoms with van der Waals surface area (Å²) in [5.74, 6) is 0.590. The number of aryl methyl sites for hydroxylation is 1. The number of halogens is 1. The lowest BCUT2D eigenvalue weighted by atomic mass is 9.84. The Hall–Kier alpha value is -2.68. The van der Waals surface area contributed by atoms with Crippen LogP contribution in [0.2, 0.25) is 5.02 Å². The average Bonchev–Trinajstić information content (AvgIpc) is 2.96. The summed E-state index contributed by atoms with van der Waals surface area (Å²) in [5, 5.41) is 21.2. The summed E-state index contributed by atoms with van der Waals surface area (Å²) >= 11 is 6.21. The van der Waals surface area contributed by atoms with E-state index in [2.05, 4.69) is 27.8 Å². The maximum atomic E-state index is 12.9. The molecule has 7 nitrogen and oxygen atoms in total. The van der Waals surface area contributed by atoms with E-state index in [0.717, 1.165) is 54.2 Å². The molecular formula is C30H37ClN4O3S. The van der Waals surface area contributed by atoms with E-state index in [4.69, 9.17) is 17.0 Å². The van der Waals surface area contributed by atoms with Gasteiger partial charge in [-0.1, -0.05) is 29.8 Å². The van der Waals surface area contributed by atoms with Gasteiger partial charge in [0.05, 0.1) is 22.3 Å². The van der Waals surface area contributed by atoms with Crippen LogP contribution in [0.25, 0.3) is 0 Å². The summed E-state index contributed by atoms with van der Waals surface area (Å²) in [6, 6.07) is 12.6. The molecule has 0 aliphatic carbocycles. The number of allylic oxidation sites excluding steroid dienone is 1. The third kappa shape index (κ3) is 6.08. The number of amidine groups is 1. The molecule has 5 rings (SSSR count). The molecule has 0 bridgehead atoms. The second-order valence-electron chi connectivity index (χ2n) is 10.9. The molecule has 2 N–H and O–H groups in total. The van der Waals surface area contributed by atoms with Gasteiger partial charge in [0.25, 0.3) is 0 Å². The van der Waals surface area contributed by atoms with Gasteiger partial charge in [-0.2, -0.15) is 0 Å². The Balaban J connectivity index is 1.20. The third-order valence-corrected chi connectivity index (χ3v) is 10.3. The van der Waals surface area contributed by atoms with Crippen molar-refractivity contribution in [3.63, 3.8) is 0 Å². The summed E-state index contributed by atoms with van der Waals surface area (Å²) in [6.07, 6.45) is 8.88. The van der Waals surface area contributed by atoms with Crippen molar-refractivity contribution in [2.75, 3.05) is 30.3 Å². The maximum absolute atomic E-state index is 12.9. The predicted molar refractivity (Wildman–Crippen MR) is 158 cm³/mol. The first-order chi connectivity index (χ1) is 18.7. The lowest BCUT2D eigenvalue weighted by Gasteiger charge is -2.43. The van der Waals surface area contributed by atoms with Crippen molar-refractivity contribution in [2.24, 2.45) is 4.99 Å². The van der Waals surface area contributed by atoms with E-state index < -0.39 is 15.4 Å². The Kier molecular flexibility index (Phi) is 8.17. The Morgan fingerprint density at radius 2 is 1.87 bits per heavy atom. The Labute approximate surface area is 236 Å². The number of rotatable bonds is 7.